The molecule has 0 aromatic carbocycles. The highest BCUT2D eigenvalue weighted by Gasteiger charge is 2.39. The zero-order chi connectivity index (χ0) is 14.6. The number of nitrogens with one attached hydrogen (secondary N) is 1. The second kappa shape index (κ2) is 6.33. The van der Waals surface area contributed by atoms with E-state index in [1.54, 1.807) is 13.8 Å². The lowest BCUT2D eigenvalue weighted by Crippen LogP contribution is -2.42. The number of likely N-dealkylation sites (tertiary alicyclic amines) is 1. The van der Waals surface area contributed by atoms with Crippen molar-refractivity contribution >= 4 is 11.8 Å². The van der Waals surface area contributed by atoms with Crippen LogP contribution in [0.3, 0.4) is 0 Å². The maximum Gasteiger partial charge on any atom is 0.411 e. The number of hydrogen-bond donors (Lipinski definition) is 1. The first-order chi connectivity index (χ1) is 8.72. The molecule has 0 saturated carbocycles. The Kier molecular flexibility index (Phi) is 5.30. The molecule has 2 amide bonds. The Morgan fingerprint density at radius 1 is 1.42 bits per heavy atom. The fourth-order valence-corrected chi connectivity index (χ4v) is 1.85. The van der Waals surface area contributed by atoms with Crippen LogP contribution in [0, 0.1) is 0 Å². The van der Waals surface area contributed by atoms with Crippen molar-refractivity contribution in [2.75, 3.05) is 19.8 Å². The second-order valence-electron chi connectivity index (χ2n) is 4.57. The van der Waals surface area contributed by atoms with Crippen LogP contribution in [0.4, 0.5) is 13.2 Å². The van der Waals surface area contributed by atoms with E-state index in [9.17, 15) is 22.8 Å². The molecule has 8 heteroatoms. The summed E-state index contributed by atoms with van der Waals surface area (Å²) in [7, 11) is 0. The smallest absolute Gasteiger partial charge is 0.371 e. The third-order valence-electron chi connectivity index (χ3n) is 2.60. The summed E-state index contributed by atoms with van der Waals surface area (Å²) in [5.41, 5.74) is 0. The summed E-state index contributed by atoms with van der Waals surface area (Å²) in [6.45, 7) is 2.06. The van der Waals surface area contributed by atoms with Crippen LogP contribution in [-0.4, -0.2) is 54.7 Å². The van der Waals surface area contributed by atoms with E-state index in [4.69, 9.17) is 0 Å². The van der Waals surface area contributed by atoms with Crippen LogP contribution in [0.25, 0.3) is 0 Å². The minimum absolute atomic E-state index is 0.0380. The van der Waals surface area contributed by atoms with Gasteiger partial charge in [-0.15, -0.1) is 0 Å². The molecule has 1 heterocycles. The predicted octanol–water partition coefficient (Wildman–Crippen LogP) is 0.691. The van der Waals surface area contributed by atoms with E-state index < -0.39 is 18.8 Å². The lowest BCUT2D eigenvalue weighted by molar-refractivity contribution is -0.173. The van der Waals surface area contributed by atoms with E-state index in [1.807, 2.05) is 0 Å². The number of hydrogen-bond acceptors (Lipinski definition) is 4. The molecule has 0 bridgehead atoms. The van der Waals surface area contributed by atoms with Gasteiger partial charge in [-0.2, -0.15) is 13.2 Å². The number of carbonyl (C=O) groups excluding carboxylic acids is 2. The third kappa shape index (κ3) is 4.79. The highest BCUT2D eigenvalue weighted by atomic mass is 19.4. The van der Waals surface area contributed by atoms with Gasteiger partial charge < -0.3 is 10.1 Å². The zero-order valence-electron chi connectivity index (χ0n) is 10.8. The van der Waals surface area contributed by atoms with Gasteiger partial charge in [-0.1, -0.05) is 0 Å². The van der Waals surface area contributed by atoms with Crippen molar-refractivity contribution in [3.8, 4) is 0 Å². The zero-order valence-corrected chi connectivity index (χ0v) is 10.8. The molecule has 1 rings (SSSR count). The average molecular weight is 282 g/mol. The van der Waals surface area contributed by atoms with Crippen LogP contribution in [0.15, 0.2) is 0 Å². The van der Waals surface area contributed by atoms with Crippen molar-refractivity contribution in [2.24, 2.45) is 0 Å². The van der Waals surface area contributed by atoms with Gasteiger partial charge in [-0.3, -0.25) is 14.5 Å². The predicted molar refractivity (Wildman–Crippen MR) is 60.3 cm³/mol. The maximum absolute atomic E-state index is 11.8. The number of halogens is 3. The summed E-state index contributed by atoms with van der Waals surface area (Å²) < 4.78 is 39.8. The minimum atomic E-state index is -4.35. The van der Waals surface area contributed by atoms with E-state index in [2.05, 4.69) is 10.1 Å². The monoisotopic (exact) mass is 282 g/mol. The first-order valence-electron chi connectivity index (χ1n) is 5.96. The van der Waals surface area contributed by atoms with Crippen molar-refractivity contribution in [1.82, 2.24) is 10.2 Å². The molecule has 1 aliphatic rings. The van der Waals surface area contributed by atoms with Crippen LogP contribution in [0.1, 0.15) is 20.3 Å². The van der Waals surface area contributed by atoms with Gasteiger partial charge in [0.25, 0.3) is 0 Å². The number of rotatable bonds is 6. The molecule has 1 unspecified atom stereocenters. The van der Waals surface area contributed by atoms with Gasteiger partial charge >= 0.3 is 6.18 Å². The van der Waals surface area contributed by atoms with Crippen molar-refractivity contribution < 1.29 is 27.5 Å². The second-order valence-corrected chi connectivity index (χ2v) is 4.57. The summed E-state index contributed by atoms with van der Waals surface area (Å²) in [6, 6.07) is -0.877. The van der Waals surface area contributed by atoms with Crippen molar-refractivity contribution in [1.29, 1.82) is 0 Å². The van der Waals surface area contributed by atoms with E-state index in [-0.39, 0.29) is 37.4 Å². The highest BCUT2D eigenvalue weighted by molar-refractivity contribution is 6.05. The molecule has 0 aromatic heterocycles. The first kappa shape index (κ1) is 15.9. The summed E-state index contributed by atoms with van der Waals surface area (Å²) >= 11 is 0. The lowest BCUT2D eigenvalue weighted by Gasteiger charge is -2.19. The Bertz CT molecular complexity index is 345. The standard InChI is InChI=1S/C11H17F3N2O3/c1-7(2)16-9(17)5-8(10(16)18)15-3-4-19-6-11(12,13)14/h7-8,15H,3-6H2,1-2H3. The molecule has 19 heavy (non-hydrogen) atoms. The van der Waals surface area contributed by atoms with Gasteiger partial charge in [0, 0.05) is 12.6 Å². The van der Waals surface area contributed by atoms with Gasteiger partial charge in [0.2, 0.25) is 11.8 Å². The molecule has 0 aromatic rings. The largest absolute Gasteiger partial charge is 0.411 e. The molecule has 0 radical (unpaired) electrons. The number of nitrogens with zero attached hydrogens (tertiary/aromatic N) is 1. The van der Waals surface area contributed by atoms with Gasteiger partial charge in [-0.25, -0.2) is 0 Å². The summed E-state index contributed by atoms with van der Waals surface area (Å²) in [5.74, 6) is -0.607. The molecule has 1 fully saturated rings. The fraction of sp³-hybridized carbons (Fsp3) is 0.818. The number of carbonyl (C=O) groups is 2. The van der Waals surface area contributed by atoms with Crippen LogP contribution >= 0.6 is 0 Å². The molecular formula is C11H17F3N2O3. The molecule has 5 nitrogen and oxygen atoms in total. The molecule has 1 N–H and O–H groups in total. The van der Waals surface area contributed by atoms with Crippen molar-refractivity contribution in [3.05, 3.63) is 0 Å². The van der Waals surface area contributed by atoms with Crippen molar-refractivity contribution in [2.45, 2.75) is 38.5 Å². The minimum Gasteiger partial charge on any atom is -0.371 e. The average Bonchev–Trinajstić information content (AvgIpc) is 2.51. The van der Waals surface area contributed by atoms with Crippen LogP contribution < -0.4 is 5.32 Å². The quantitative estimate of drug-likeness (QED) is 0.575. The summed E-state index contributed by atoms with van der Waals surface area (Å²) in [5, 5.41) is 2.73. The van der Waals surface area contributed by atoms with E-state index in [0.717, 1.165) is 4.90 Å². The Hall–Kier alpha value is -1.15. The third-order valence-corrected chi connectivity index (χ3v) is 2.60. The Morgan fingerprint density at radius 3 is 2.53 bits per heavy atom. The van der Waals surface area contributed by atoms with Crippen LogP contribution in [0.2, 0.25) is 0 Å². The Morgan fingerprint density at radius 2 is 2.05 bits per heavy atom. The molecule has 0 aliphatic carbocycles. The number of amides is 2. The molecule has 0 spiro atoms. The molecule has 1 aliphatic heterocycles. The first-order valence-corrected chi connectivity index (χ1v) is 5.96. The van der Waals surface area contributed by atoms with Crippen LogP contribution in [0.5, 0.6) is 0 Å². The van der Waals surface area contributed by atoms with Gasteiger partial charge in [0.15, 0.2) is 0 Å². The van der Waals surface area contributed by atoms with Gasteiger partial charge in [0.05, 0.1) is 19.1 Å². The van der Waals surface area contributed by atoms with Gasteiger partial charge in [0.1, 0.15) is 6.61 Å². The number of ether oxygens (including phenoxy) is 1. The molecule has 1 atom stereocenters. The normalized spacial score (nSPS) is 20.7. The molecule has 1 saturated heterocycles. The van der Waals surface area contributed by atoms with Crippen LogP contribution in [-0.2, 0) is 14.3 Å². The summed E-state index contributed by atoms with van der Waals surface area (Å²) in [6.07, 6.45) is -4.32. The topological polar surface area (TPSA) is 58.6 Å². The maximum atomic E-state index is 11.8. The SMILES string of the molecule is CC(C)N1C(=O)CC(NCCOCC(F)(F)F)C1=O. The Balaban J connectivity index is 2.28. The van der Waals surface area contributed by atoms with E-state index in [1.165, 1.54) is 0 Å². The fourth-order valence-electron chi connectivity index (χ4n) is 1.85. The van der Waals surface area contributed by atoms with Gasteiger partial charge in [-0.05, 0) is 13.8 Å². The lowest BCUT2D eigenvalue weighted by atomic mass is 10.2. The van der Waals surface area contributed by atoms with Crippen molar-refractivity contribution in [3.63, 3.8) is 0 Å². The van der Waals surface area contributed by atoms with E-state index in [0.29, 0.717) is 0 Å². The molecular weight excluding hydrogens is 265 g/mol. The number of alkyl halides is 3. The summed E-state index contributed by atoms with van der Waals surface area (Å²) in [4.78, 5) is 24.5. The highest BCUT2D eigenvalue weighted by Crippen LogP contribution is 2.16. The number of imide groups is 1. The Labute approximate surface area is 109 Å². The molecule has 110 valence electrons. The van der Waals surface area contributed by atoms with E-state index >= 15 is 0 Å².